The predicted octanol–water partition coefficient (Wildman–Crippen LogP) is 6.29. The Labute approximate surface area is 239 Å². The molecule has 0 atom stereocenters. The number of ether oxygens (including phenoxy) is 1. The van der Waals surface area contributed by atoms with Crippen LogP contribution in [-0.2, 0) is 4.79 Å². The van der Waals surface area contributed by atoms with Gasteiger partial charge in [0.15, 0.2) is 17.2 Å². The highest BCUT2D eigenvalue weighted by Crippen LogP contribution is 2.33. The van der Waals surface area contributed by atoms with E-state index in [-0.39, 0.29) is 11.8 Å². The number of carbonyl (C=O) groups is 1. The maximum Gasteiger partial charge on any atom is 0.227 e. The van der Waals surface area contributed by atoms with Gasteiger partial charge in [0, 0.05) is 35.5 Å². The smallest absolute Gasteiger partial charge is 0.227 e. The molecule has 6 aromatic rings. The van der Waals surface area contributed by atoms with Crippen molar-refractivity contribution in [1.82, 2.24) is 35.1 Å². The fourth-order valence-electron chi connectivity index (χ4n) is 5.58. The number of aromatic nitrogens is 7. The van der Waals surface area contributed by atoms with Crippen molar-refractivity contribution in [3.05, 3.63) is 66.9 Å². The van der Waals surface area contributed by atoms with Gasteiger partial charge in [-0.05, 0) is 54.8 Å². The molecule has 5 aromatic heterocycles. The second-order valence-electron chi connectivity index (χ2n) is 10.5. The van der Waals surface area contributed by atoms with Crippen LogP contribution in [0.25, 0.3) is 56.1 Å². The molecular weight excluding hydrogens is 535 g/mol. The van der Waals surface area contributed by atoms with Crippen molar-refractivity contribution in [3.63, 3.8) is 0 Å². The number of anilines is 1. The molecule has 5 heterocycles. The molecule has 42 heavy (non-hydrogen) atoms. The van der Waals surface area contributed by atoms with Crippen LogP contribution in [0.5, 0.6) is 5.75 Å². The molecule has 0 spiro atoms. The van der Waals surface area contributed by atoms with Gasteiger partial charge in [0.1, 0.15) is 17.1 Å². The SMILES string of the molecule is COc1cc(F)cc(-c2ccnc3nc(-c4n[nH]c5ccc(-c6cncc(NC(=O)C7CCCCC7)c6)nc45)[nH]c23)c1. The second kappa shape index (κ2) is 10.7. The Kier molecular flexibility index (Phi) is 6.54. The highest BCUT2D eigenvalue weighted by Gasteiger charge is 2.22. The third-order valence-corrected chi connectivity index (χ3v) is 7.72. The molecule has 0 saturated heterocycles. The normalized spacial score (nSPS) is 14.0. The molecule has 1 saturated carbocycles. The summed E-state index contributed by atoms with van der Waals surface area (Å²) in [5.74, 6) is 0.569. The first-order valence-electron chi connectivity index (χ1n) is 13.9. The minimum atomic E-state index is -0.406. The van der Waals surface area contributed by atoms with Crippen LogP contribution in [0, 0.1) is 11.7 Å². The average Bonchev–Trinajstić information content (AvgIpc) is 3.65. The van der Waals surface area contributed by atoms with Crippen LogP contribution in [0.15, 0.2) is 61.1 Å². The molecule has 1 aromatic carbocycles. The number of aromatic amines is 2. The lowest BCUT2D eigenvalue weighted by Gasteiger charge is -2.20. The summed E-state index contributed by atoms with van der Waals surface area (Å²) >= 11 is 0. The van der Waals surface area contributed by atoms with E-state index in [9.17, 15) is 9.18 Å². The van der Waals surface area contributed by atoms with Crippen LogP contribution in [0.4, 0.5) is 10.1 Å². The maximum atomic E-state index is 14.3. The third-order valence-electron chi connectivity index (χ3n) is 7.72. The quantitative estimate of drug-likeness (QED) is 0.217. The zero-order valence-electron chi connectivity index (χ0n) is 22.8. The van der Waals surface area contributed by atoms with Crippen molar-refractivity contribution >= 4 is 33.8 Å². The van der Waals surface area contributed by atoms with E-state index in [0.717, 1.165) is 42.3 Å². The molecule has 11 heteroatoms. The summed E-state index contributed by atoms with van der Waals surface area (Å²) < 4.78 is 19.5. The van der Waals surface area contributed by atoms with E-state index in [1.165, 1.54) is 25.7 Å². The molecule has 210 valence electrons. The first-order valence-corrected chi connectivity index (χ1v) is 13.9. The number of carbonyl (C=O) groups excluding carboxylic acids is 1. The van der Waals surface area contributed by atoms with Gasteiger partial charge in [0.05, 0.1) is 35.7 Å². The van der Waals surface area contributed by atoms with Crippen molar-refractivity contribution < 1.29 is 13.9 Å². The molecule has 0 unspecified atom stereocenters. The summed E-state index contributed by atoms with van der Waals surface area (Å²) in [7, 11) is 1.50. The number of nitrogens with zero attached hydrogens (tertiary/aromatic N) is 5. The van der Waals surface area contributed by atoms with Gasteiger partial charge in [-0.1, -0.05) is 19.3 Å². The number of fused-ring (bicyclic) bond motifs is 2. The van der Waals surface area contributed by atoms with Gasteiger partial charge in [0.25, 0.3) is 0 Å². The van der Waals surface area contributed by atoms with E-state index in [0.29, 0.717) is 50.9 Å². The monoisotopic (exact) mass is 562 g/mol. The number of rotatable bonds is 6. The topological polar surface area (TPSA) is 134 Å². The molecule has 0 bridgehead atoms. The summed E-state index contributed by atoms with van der Waals surface area (Å²) in [5, 5.41) is 10.5. The van der Waals surface area contributed by atoms with E-state index in [1.54, 1.807) is 30.7 Å². The number of halogens is 1. The average molecular weight is 563 g/mol. The van der Waals surface area contributed by atoms with E-state index < -0.39 is 5.82 Å². The Balaban J connectivity index is 1.23. The van der Waals surface area contributed by atoms with Gasteiger partial charge >= 0.3 is 0 Å². The van der Waals surface area contributed by atoms with Crippen LogP contribution < -0.4 is 10.1 Å². The lowest BCUT2D eigenvalue weighted by atomic mass is 9.88. The Morgan fingerprint density at radius 3 is 2.76 bits per heavy atom. The standard InChI is InChI=1S/C31H27FN8O2/c1-42-22-13-18(11-20(32)14-22)23-9-10-34-29-26(23)37-30(38-29)28-27-25(39-40-28)8-7-24(36-27)19-12-21(16-33-15-19)35-31(41)17-5-3-2-4-6-17/h7-17H,2-6H2,1H3,(H,35,41)(H,39,40)(H,34,37,38). The van der Waals surface area contributed by atoms with Crippen LogP contribution in [0.3, 0.4) is 0 Å². The van der Waals surface area contributed by atoms with E-state index in [4.69, 9.17) is 9.72 Å². The van der Waals surface area contributed by atoms with Crippen molar-refractivity contribution in [2.45, 2.75) is 32.1 Å². The highest BCUT2D eigenvalue weighted by molar-refractivity contribution is 5.95. The Morgan fingerprint density at radius 2 is 1.90 bits per heavy atom. The predicted molar refractivity (Wildman–Crippen MR) is 157 cm³/mol. The number of hydrogen-bond acceptors (Lipinski definition) is 7. The lowest BCUT2D eigenvalue weighted by molar-refractivity contribution is -0.120. The minimum absolute atomic E-state index is 0.0451. The molecule has 10 nitrogen and oxygen atoms in total. The molecule has 1 amide bonds. The van der Waals surface area contributed by atoms with Gasteiger partial charge in [-0.25, -0.2) is 19.3 Å². The van der Waals surface area contributed by atoms with Gasteiger partial charge in [-0.2, -0.15) is 5.10 Å². The summed E-state index contributed by atoms with van der Waals surface area (Å²) in [6.07, 6.45) is 10.2. The number of amides is 1. The van der Waals surface area contributed by atoms with Crippen molar-refractivity contribution in [1.29, 1.82) is 0 Å². The summed E-state index contributed by atoms with van der Waals surface area (Å²) in [4.78, 5) is 34.4. The molecule has 3 N–H and O–H groups in total. The zero-order valence-corrected chi connectivity index (χ0v) is 22.8. The molecule has 1 fully saturated rings. The van der Waals surface area contributed by atoms with Crippen molar-refractivity contribution in [2.75, 3.05) is 12.4 Å². The molecular formula is C31H27FN8O2. The first kappa shape index (κ1) is 25.8. The molecule has 7 rings (SSSR count). The summed E-state index contributed by atoms with van der Waals surface area (Å²) in [6.45, 7) is 0. The number of imidazole rings is 1. The molecule has 1 aliphatic carbocycles. The lowest BCUT2D eigenvalue weighted by Crippen LogP contribution is -2.24. The van der Waals surface area contributed by atoms with Gasteiger partial charge in [-0.15, -0.1) is 0 Å². The molecule has 0 aliphatic heterocycles. The number of nitrogens with one attached hydrogen (secondary N) is 3. The maximum absolute atomic E-state index is 14.3. The van der Waals surface area contributed by atoms with Crippen LogP contribution in [-0.4, -0.2) is 48.1 Å². The summed E-state index contributed by atoms with van der Waals surface area (Å²) in [6, 6.07) is 12.0. The van der Waals surface area contributed by atoms with Gasteiger partial charge in [0.2, 0.25) is 5.91 Å². The third kappa shape index (κ3) is 4.83. The number of hydrogen-bond donors (Lipinski definition) is 3. The number of pyridine rings is 3. The minimum Gasteiger partial charge on any atom is -0.497 e. The van der Waals surface area contributed by atoms with E-state index in [2.05, 4.69) is 35.5 Å². The Bertz CT molecular complexity index is 1940. The number of benzene rings is 1. The van der Waals surface area contributed by atoms with Gasteiger partial charge < -0.3 is 15.0 Å². The number of methoxy groups -OCH3 is 1. The van der Waals surface area contributed by atoms with E-state index >= 15 is 0 Å². The summed E-state index contributed by atoms with van der Waals surface area (Å²) in [5.41, 5.74) is 6.38. The fourth-order valence-corrected chi connectivity index (χ4v) is 5.58. The highest BCUT2D eigenvalue weighted by atomic mass is 19.1. The first-order chi connectivity index (χ1) is 20.6. The van der Waals surface area contributed by atoms with E-state index in [1.807, 2.05) is 18.2 Å². The zero-order chi connectivity index (χ0) is 28.6. The Hall–Kier alpha value is -5.19. The van der Waals surface area contributed by atoms with Gasteiger partial charge in [-0.3, -0.25) is 14.9 Å². The fraction of sp³-hybridized carbons (Fsp3) is 0.226. The number of H-pyrrole nitrogens is 2. The Morgan fingerprint density at radius 1 is 1.02 bits per heavy atom. The van der Waals surface area contributed by atoms with Crippen LogP contribution in [0.1, 0.15) is 32.1 Å². The van der Waals surface area contributed by atoms with Crippen LogP contribution in [0.2, 0.25) is 0 Å². The van der Waals surface area contributed by atoms with Crippen molar-refractivity contribution in [2.24, 2.45) is 5.92 Å². The molecule has 0 radical (unpaired) electrons. The van der Waals surface area contributed by atoms with Crippen LogP contribution >= 0.6 is 0 Å². The van der Waals surface area contributed by atoms with Crippen molar-refractivity contribution in [3.8, 4) is 39.7 Å². The second-order valence-corrected chi connectivity index (χ2v) is 10.5. The molecule has 1 aliphatic rings. The largest absolute Gasteiger partial charge is 0.497 e.